The van der Waals surface area contributed by atoms with Gasteiger partial charge in [0.05, 0.1) is 11.8 Å². The van der Waals surface area contributed by atoms with Gasteiger partial charge in [-0.1, -0.05) is 34.1 Å². The van der Waals surface area contributed by atoms with Crippen LogP contribution in [0.15, 0.2) is 0 Å². The fourth-order valence-electron chi connectivity index (χ4n) is 1.15. The number of nitrogens with one attached hydrogen (secondary N) is 1. The third-order valence-electron chi connectivity index (χ3n) is 2.18. The molecule has 1 N–H and O–H groups in total. The molecular formula is C11H22N2O2S. The van der Waals surface area contributed by atoms with Crippen LogP contribution < -0.4 is 4.72 Å². The van der Waals surface area contributed by atoms with E-state index in [-0.39, 0.29) is 11.2 Å². The van der Waals surface area contributed by atoms with Crippen molar-refractivity contribution in [2.75, 3.05) is 5.75 Å². The largest absolute Gasteiger partial charge is 0.212 e. The van der Waals surface area contributed by atoms with E-state index in [0.29, 0.717) is 12.8 Å². The lowest BCUT2D eigenvalue weighted by Crippen LogP contribution is -2.36. The van der Waals surface area contributed by atoms with Crippen molar-refractivity contribution in [3.05, 3.63) is 0 Å². The van der Waals surface area contributed by atoms with Gasteiger partial charge in [-0.15, -0.1) is 0 Å². The quantitative estimate of drug-likeness (QED) is 0.779. The van der Waals surface area contributed by atoms with Gasteiger partial charge in [0.1, 0.15) is 6.04 Å². The van der Waals surface area contributed by atoms with Gasteiger partial charge in [-0.2, -0.15) is 9.98 Å². The van der Waals surface area contributed by atoms with Crippen LogP contribution in [-0.2, 0) is 10.0 Å². The fourth-order valence-corrected chi connectivity index (χ4v) is 2.76. The lowest BCUT2D eigenvalue weighted by Gasteiger charge is -2.18. The standard InChI is InChI=1S/C11H22N2O2S/c1-5-6-10(9-12)13-16(14,15)8-7-11(2,3)4/h10,13H,5-8H2,1-4H3. The van der Waals surface area contributed by atoms with Crippen LogP contribution in [-0.4, -0.2) is 20.2 Å². The lowest BCUT2D eigenvalue weighted by atomic mass is 9.94. The van der Waals surface area contributed by atoms with E-state index < -0.39 is 16.1 Å². The normalized spacial score (nSPS) is 14.4. The molecule has 0 saturated carbocycles. The van der Waals surface area contributed by atoms with Crippen molar-refractivity contribution >= 4 is 10.0 Å². The highest BCUT2D eigenvalue weighted by atomic mass is 32.2. The minimum atomic E-state index is -3.32. The molecule has 94 valence electrons. The topological polar surface area (TPSA) is 70.0 Å². The maximum Gasteiger partial charge on any atom is 0.212 e. The average Bonchev–Trinajstić information content (AvgIpc) is 2.13. The van der Waals surface area contributed by atoms with Crippen molar-refractivity contribution in [1.29, 1.82) is 5.26 Å². The molecule has 0 heterocycles. The van der Waals surface area contributed by atoms with Crippen molar-refractivity contribution < 1.29 is 8.42 Å². The van der Waals surface area contributed by atoms with Gasteiger partial charge in [-0.3, -0.25) is 0 Å². The van der Waals surface area contributed by atoms with Crippen LogP contribution >= 0.6 is 0 Å². The van der Waals surface area contributed by atoms with Crippen molar-refractivity contribution in [1.82, 2.24) is 4.72 Å². The zero-order chi connectivity index (χ0) is 12.8. The molecule has 0 aromatic heterocycles. The Labute approximate surface area is 99.1 Å². The summed E-state index contributed by atoms with van der Waals surface area (Å²) in [6, 6.07) is 1.38. The summed E-state index contributed by atoms with van der Waals surface area (Å²) in [5.41, 5.74) is -0.0123. The van der Waals surface area contributed by atoms with Gasteiger partial charge < -0.3 is 0 Å². The Morgan fingerprint density at radius 3 is 2.31 bits per heavy atom. The molecule has 0 amide bonds. The SMILES string of the molecule is CCCC(C#N)NS(=O)(=O)CCC(C)(C)C. The first kappa shape index (κ1) is 15.4. The first-order valence-corrected chi connectivity index (χ1v) is 7.25. The molecule has 0 aliphatic carbocycles. The van der Waals surface area contributed by atoms with Crippen LogP contribution in [0.2, 0.25) is 0 Å². The number of hydrogen-bond acceptors (Lipinski definition) is 3. The van der Waals surface area contributed by atoms with Crippen LogP contribution in [0.4, 0.5) is 0 Å². The predicted octanol–water partition coefficient (Wildman–Crippen LogP) is 2.03. The van der Waals surface area contributed by atoms with Crippen LogP contribution in [0.3, 0.4) is 0 Å². The molecule has 0 aromatic rings. The Hall–Kier alpha value is -0.600. The Morgan fingerprint density at radius 2 is 1.94 bits per heavy atom. The van der Waals surface area contributed by atoms with Gasteiger partial charge in [0, 0.05) is 0 Å². The predicted molar refractivity (Wildman–Crippen MR) is 65.3 cm³/mol. The molecular weight excluding hydrogens is 224 g/mol. The molecule has 0 fully saturated rings. The summed E-state index contributed by atoms with van der Waals surface area (Å²) in [5.74, 6) is 0.0817. The van der Waals surface area contributed by atoms with Gasteiger partial charge in [0.25, 0.3) is 0 Å². The highest BCUT2D eigenvalue weighted by Gasteiger charge is 2.20. The van der Waals surface area contributed by atoms with E-state index in [0.717, 1.165) is 6.42 Å². The molecule has 0 radical (unpaired) electrons. The third kappa shape index (κ3) is 7.66. The summed E-state index contributed by atoms with van der Waals surface area (Å²) in [7, 11) is -3.32. The number of rotatable bonds is 6. The molecule has 5 heteroatoms. The summed E-state index contributed by atoms with van der Waals surface area (Å²) in [4.78, 5) is 0. The van der Waals surface area contributed by atoms with E-state index in [9.17, 15) is 8.42 Å². The van der Waals surface area contributed by atoms with Crippen molar-refractivity contribution in [2.45, 2.75) is 53.0 Å². The third-order valence-corrected chi connectivity index (χ3v) is 3.56. The molecule has 0 aliphatic heterocycles. The van der Waals surface area contributed by atoms with Gasteiger partial charge in [-0.05, 0) is 18.3 Å². The molecule has 1 atom stereocenters. The van der Waals surface area contributed by atoms with Gasteiger partial charge in [0.2, 0.25) is 10.0 Å². The Bertz CT molecular complexity index is 336. The molecule has 0 bridgehead atoms. The van der Waals surface area contributed by atoms with Gasteiger partial charge in [-0.25, -0.2) is 8.42 Å². The maximum absolute atomic E-state index is 11.7. The molecule has 0 saturated heterocycles. The van der Waals surface area contributed by atoms with Gasteiger partial charge >= 0.3 is 0 Å². The zero-order valence-electron chi connectivity index (χ0n) is 10.6. The highest BCUT2D eigenvalue weighted by molar-refractivity contribution is 7.89. The Morgan fingerprint density at radius 1 is 1.38 bits per heavy atom. The molecule has 0 rings (SSSR count). The van der Waals surface area contributed by atoms with Crippen LogP contribution in [0.25, 0.3) is 0 Å². The minimum Gasteiger partial charge on any atom is -0.212 e. The Balaban J connectivity index is 4.30. The Kier molecular flexibility index (Phi) is 5.98. The van der Waals surface area contributed by atoms with E-state index >= 15 is 0 Å². The second-order valence-corrected chi connectivity index (χ2v) is 7.09. The van der Waals surface area contributed by atoms with E-state index in [2.05, 4.69) is 4.72 Å². The average molecular weight is 246 g/mol. The van der Waals surface area contributed by atoms with Crippen molar-refractivity contribution in [3.8, 4) is 6.07 Å². The smallest absolute Gasteiger partial charge is 0.212 e. The molecule has 16 heavy (non-hydrogen) atoms. The first-order chi connectivity index (χ1) is 7.20. The lowest BCUT2D eigenvalue weighted by molar-refractivity contribution is 0.396. The zero-order valence-corrected chi connectivity index (χ0v) is 11.4. The van der Waals surface area contributed by atoms with E-state index in [1.54, 1.807) is 0 Å². The number of nitrogens with zero attached hydrogens (tertiary/aromatic N) is 1. The number of nitriles is 1. The van der Waals surface area contributed by atoms with Crippen LogP contribution in [0, 0.1) is 16.7 Å². The van der Waals surface area contributed by atoms with E-state index in [1.807, 2.05) is 33.8 Å². The van der Waals surface area contributed by atoms with Crippen molar-refractivity contribution in [3.63, 3.8) is 0 Å². The minimum absolute atomic E-state index is 0.0123. The fraction of sp³-hybridized carbons (Fsp3) is 0.909. The van der Waals surface area contributed by atoms with Crippen molar-refractivity contribution in [2.24, 2.45) is 5.41 Å². The van der Waals surface area contributed by atoms with Gasteiger partial charge in [0.15, 0.2) is 0 Å². The molecule has 0 aliphatic rings. The molecule has 4 nitrogen and oxygen atoms in total. The van der Waals surface area contributed by atoms with Crippen LogP contribution in [0.1, 0.15) is 47.0 Å². The second kappa shape index (κ2) is 6.21. The summed E-state index contributed by atoms with van der Waals surface area (Å²) < 4.78 is 25.7. The summed E-state index contributed by atoms with van der Waals surface area (Å²) >= 11 is 0. The molecule has 0 spiro atoms. The van der Waals surface area contributed by atoms with Crippen LogP contribution in [0.5, 0.6) is 0 Å². The summed E-state index contributed by atoms with van der Waals surface area (Å²) in [5, 5.41) is 8.77. The molecule has 0 aromatic carbocycles. The monoisotopic (exact) mass is 246 g/mol. The number of sulfonamides is 1. The van der Waals surface area contributed by atoms with E-state index in [1.165, 1.54) is 0 Å². The first-order valence-electron chi connectivity index (χ1n) is 5.60. The molecule has 1 unspecified atom stereocenters. The number of hydrogen-bond donors (Lipinski definition) is 1. The summed E-state index contributed by atoms with van der Waals surface area (Å²) in [6.07, 6.45) is 1.94. The van der Waals surface area contributed by atoms with E-state index in [4.69, 9.17) is 5.26 Å². The summed E-state index contributed by atoms with van der Waals surface area (Å²) in [6.45, 7) is 7.91. The maximum atomic E-state index is 11.7. The second-order valence-electron chi connectivity index (χ2n) is 5.22. The highest BCUT2D eigenvalue weighted by Crippen LogP contribution is 2.19.